The predicted octanol–water partition coefficient (Wildman–Crippen LogP) is 2.38. The van der Waals surface area contributed by atoms with E-state index in [4.69, 9.17) is 11.6 Å². The van der Waals surface area contributed by atoms with E-state index in [1.165, 1.54) is 6.20 Å². The van der Waals surface area contributed by atoms with Gasteiger partial charge in [0.25, 0.3) is 0 Å². The molecule has 92 valence electrons. The summed E-state index contributed by atoms with van der Waals surface area (Å²) < 4.78 is 1.54. The van der Waals surface area contributed by atoms with E-state index in [9.17, 15) is 9.90 Å². The van der Waals surface area contributed by atoms with Gasteiger partial charge in [0, 0.05) is 6.20 Å². The third-order valence-electron chi connectivity index (χ3n) is 4.79. The Hall–Kier alpha value is -1.03. The maximum absolute atomic E-state index is 11.6. The number of fused-ring (bicyclic) bond motifs is 1. The molecule has 4 nitrogen and oxygen atoms in total. The van der Waals surface area contributed by atoms with Gasteiger partial charge in [0.15, 0.2) is 5.54 Å². The summed E-state index contributed by atoms with van der Waals surface area (Å²) in [5, 5.41) is 14.1. The minimum atomic E-state index is -0.877. The van der Waals surface area contributed by atoms with Gasteiger partial charge in [-0.15, -0.1) is 0 Å². The molecule has 0 aromatic carbocycles. The molecule has 0 radical (unpaired) electrons. The highest BCUT2D eigenvalue weighted by molar-refractivity contribution is 6.30. The molecule has 1 aromatic rings. The minimum absolute atomic E-state index is 0.301. The lowest BCUT2D eigenvalue weighted by atomic mass is 9.86. The lowest BCUT2D eigenvalue weighted by Crippen LogP contribution is -2.42. The molecule has 1 heterocycles. The van der Waals surface area contributed by atoms with Crippen molar-refractivity contribution in [2.24, 2.45) is 17.3 Å². The molecule has 0 amide bonds. The van der Waals surface area contributed by atoms with Crippen LogP contribution in [0.4, 0.5) is 0 Å². The Morgan fingerprint density at radius 1 is 1.53 bits per heavy atom. The topological polar surface area (TPSA) is 55.1 Å². The van der Waals surface area contributed by atoms with Crippen LogP contribution in [0.2, 0.25) is 5.02 Å². The first-order chi connectivity index (χ1) is 7.88. The summed E-state index contributed by atoms with van der Waals surface area (Å²) >= 11 is 5.83. The molecule has 2 fully saturated rings. The molecule has 0 saturated heterocycles. The standard InChI is InChI=1S/C12H15ClN2O2/c1-11(2)8-3-12(10(16)17,4-9(8)11)15-6-7(13)5-14-15/h5-6,8-9H,3-4H2,1-2H3,(H,16,17). The molecule has 3 rings (SSSR count). The smallest absolute Gasteiger partial charge is 0.331 e. The van der Waals surface area contributed by atoms with Crippen molar-refractivity contribution < 1.29 is 9.90 Å². The number of carboxylic acids is 1. The number of nitrogens with zero attached hydrogens (tertiary/aromatic N) is 2. The lowest BCUT2D eigenvalue weighted by Gasteiger charge is -2.29. The fourth-order valence-electron chi connectivity index (χ4n) is 3.47. The van der Waals surface area contributed by atoms with Crippen molar-refractivity contribution in [3.63, 3.8) is 0 Å². The van der Waals surface area contributed by atoms with Crippen LogP contribution in [0.3, 0.4) is 0 Å². The molecule has 2 aliphatic rings. The van der Waals surface area contributed by atoms with Gasteiger partial charge in [0.2, 0.25) is 0 Å². The number of hydrogen-bond acceptors (Lipinski definition) is 2. The highest BCUT2D eigenvalue weighted by atomic mass is 35.5. The molecular formula is C12H15ClN2O2. The van der Waals surface area contributed by atoms with Gasteiger partial charge in [-0.05, 0) is 30.1 Å². The number of hydrogen-bond donors (Lipinski definition) is 1. The second kappa shape index (κ2) is 3.05. The predicted molar refractivity (Wildman–Crippen MR) is 62.8 cm³/mol. The SMILES string of the molecule is CC1(C)C2CC(C(=O)O)(n3cc(Cl)cn3)CC21. The molecule has 2 saturated carbocycles. The molecular weight excluding hydrogens is 240 g/mol. The van der Waals surface area contributed by atoms with Gasteiger partial charge in [0.1, 0.15) is 0 Å². The molecule has 1 N–H and O–H groups in total. The van der Waals surface area contributed by atoms with Crippen molar-refractivity contribution in [2.45, 2.75) is 32.2 Å². The van der Waals surface area contributed by atoms with Crippen LogP contribution in [0.15, 0.2) is 12.4 Å². The Morgan fingerprint density at radius 2 is 2.12 bits per heavy atom. The zero-order valence-corrected chi connectivity index (χ0v) is 10.6. The van der Waals surface area contributed by atoms with E-state index in [1.54, 1.807) is 10.9 Å². The van der Waals surface area contributed by atoms with Gasteiger partial charge in [-0.3, -0.25) is 4.68 Å². The van der Waals surface area contributed by atoms with Crippen LogP contribution in [0.25, 0.3) is 0 Å². The number of aliphatic carboxylic acids is 1. The molecule has 0 spiro atoms. The molecule has 1 aromatic heterocycles. The van der Waals surface area contributed by atoms with E-state index in [0.29, 0.717) is 35.1 Å². The Kier molecular flexibility index (Phi) is 1.99. The quantitative estimate of drug-likeness (QED) is 0.882. The van der Waals surface area contributed by atoms with Crippen molar-refractivity contribution in [3.8, 4) is 0 Å². The minimum Gasteiger partial charge on any atom is -0.479 e. The van der Waals surface area contributed by atoms with Crippen molar-refractivity contribution in [1.29, 1.82) is 0 Å². The number of rotatable bonds is 2. The van der Waals surface area contributed by atoms with Crippen molar-refractivity contribution in [2.75, 3.05) is 0 Å². The monoisotopic (exact) mass is 254 g/mol. The largest absolute Gasteiger partial charge is 0.479 e. The van der Waals surface area contributed by atoms with E-state index in [2.05, 4.69) is 18.9 Å². The summed E-state index contributed by atoms with van der Waals surface area (Å²) in [5.74, 6) is 0.211. The summed E-state index contributed by atoms with van der Waals surface area (Å²) in [6.07, 6.45) is 4.45. The maximum Gasteiger partial charge on any atom is 0.331 e. The second-order valence-electron chi connectivity index (χ2n) is 5.88. The molecule has 5 heteroatoms. The molecule has 0 bridgehead atoms. The summed E-state index contributed by atoms with van der Waals surface area (Å²) in [7, 11) is 0. The molecule has 2 atom stereocenters. The van der Waals surface area contributed by atoms with Crippen LogP contribution >= 0.6 is 11.6 Å². The highest BCUT2D eigenvalue weighted by Crippen LogP contribution is 2.70. The number of carboxylic acid groups (broad SMARTS) is 1. The molecule has 2 unspecified atom stereocenters. The van der Waals surface area contributed by atoms with Crippen molar-refractivity contribution in [3.05, 3.63) is 17.4 Å². The van der Waals surface area contributed by atoms with Gasteiger partial charge in [-0.25, -0.2) is 4.79 Å². The van der Waals surface area contributed by atoms with Crippen LogP contribution in [0.1, 0.15) is 26.7 Å². The van der Waals surface area contributed by atoms with Crippen molar-refractivity contribution >= 4 is 17.6 Å². The van der Waals surface area contributed by atoms with E-state index in [0.717, 1.165) is 0 Å². The van der Waals surface area contributed by atoms with Gasteiger partial charge in [-0.2, -0.15) is 5.10 Å². The summed E-state index contributed by atoms with van der Waals surface area (Å²) in [6, 6.07) is 0. The highest BCUT2D eigenvalue weighted by Gasteiger charge is 2.69. The zero-order valence-electron chi connectivity index (χ0n) is 9.85. The van der Waals surface area contributed by atoms with Crippen LogP contribution < -0.4 is 0 Å². The average Bonchev–Trinajstić information content (AvgIpc) is 2.68. The Balaban J connectivity index is 1.96. The van der Waals surface area contributed by atoms with Crippen LogP contribution in [0.5, 0.6) is 0 Å². The zero-order chi connectivity index (χ0) is 12.4. The van der Waals surface area contributed by atoms with Gasteiger partial charge in [0.05, 0.1) is 11.2 Å². The third-order valence-corrected chi connectivity index (χ3v) is 4.99. The fourth-order valence-corrected chi connectivity index (χ4v) is 3.61. The number of carbonyl (C=O) groups is 1. The van der Waals surface area contributed by atoms with E-state index >= 15 is 0 Å². The van der Waals surface area contributed by atoms with E-state index < -0.39 is 11.5 Å². The maximum atomic E-state index is 11.6. The number of aromatic nitrogens is 2. The molecule has 2 aliphatic carbocycles. The second-order valence-corrected chi connectivity index (χ2v) is 6.32. The summed E-state index contributed by atoms with van der Waals surface area (Å²) in [4.78, 5) is 11.6. The van der Waals surface area contributed by atoms with Crippen molar-refractivity contribution in [1.82, 2.24) is 9.78 Å². The van der Waals surface area contributed by atoms with Crippen LogP contribution in [-0.4, -0.2) is 20.9 Å². The molecule has 17 heavy (non-hydrogen) atoms. The Morgan fingerprint density at radius 3 is 2.53 bits per heavy atom. The first-order valence-electron chi connectivity index (χ1n) is 5.82. The number of halogens is 1. The van der Waals surface area contributed by atoms with Crippen LogP contribution in [0, 0.1) is 17.3 Å². The Labute approximate surface area is 105 Å². The fraction of sp³-hybridized carbons (Fsp3) is 0.667. The average molecular weight is 255 g/mol. The van der Waals surface area contributed by atoms with Gasteiger partial charge in [-0.1, -0.05) is 25.4 Å². The van der Waals surface area contributed by atoms with Crippen LogP contribution in [-0.2, 0) is 10.3 Å². The van der Waals surface area contributed by atoms with E-state index in [-0.39, 0.29) is 0 Å². The third kappa shape index (κ3) is 1.30. The van der Waals surface area contributed by atoms with E-state index in [1.807, 2.05) is 0 Å². The normalized spacial score (nSPS) is 37.8. The summed E-state index contributed by atoms with van der Waals surface area (Å²) in [6.45, 7) is 4.42. The first kappa shape index (κ1) is 11.1. The van der Waals surface area contributed by atoms with Gasteiger partial charge < -0.3 is 5.11 Å². The lowest BCUT2D eigenvalue weighted by molar-refractivity contribution is -0.148. The first-order valence-corrected chi connectivity index (χ1v) is 6.20. The molecule has 0 aliphatic heterocycles. The summed E-state index contributed by atoms with van der Waals surface area (Å²) in [5.41, 5.74) is -0.576. The Bertz CT molecular complexity index is 480. The van der Waals surface area contributed by atoms with Gasteiger partial charge >= 0.3 is 5.97 Å².